The Hall–Kier alpha value is -1.04. The maximum atomic E-state index is 13.4. The van der Waals surface area contributed by atoms with E-state index in [1.807, 2.05) is 6.92 Å². The third-order valence-electron chi connectivity index (χ3n) is 3.22. The summed E-state index contributed by atoms with van der Waals surface area (Å²) in [5.74, 6) is -1.18. The summed E-state index contributed by atoms with van der Waals surface area (Å²) in [6.45, 7) is 2.81. The molecule has 2 unspecified atom stereocenters. The zero-order chi connectivity index (χ0) is 14.3. The van der Waals surface area contributed by atoms with Crippen LogP contribution >= 0.6 is 0 Å². The van der Waals surface area contributed by atoms with Crippen LogP contribution in [0, 0.1) is 17.6 Å². The molecular weight excluding hydrogens is 252 g/mol. The van der Waals surface area contributed by atoms with Crippen molar-refractivity contribution in [2.75, 3.05) is 19.7 Å². The third-order valence-corrected chi connectivity index (χ3v) is 3.22. The number of benzene rings is 1. The van der Waals surface area contributed by atoms with Crippen LogP contribution < -0.4 is 5.32 Å². The fourth-order valence-corrected chi connectivity index (χ4v) is 1.99. The van der Waals surface area contributed by atoms with Gasteiger partial charge in [0, 0.05) is 13.2 Å². The van der Waals surface area contributed by atoms with Crippen molar-refractivity contribution in [3.8, 4) is 0 Å². The summed E-state index contributed by atoms with van der Waals surface area (Å²) in [6, 6.07) is 3.52. The molecular formula is C14H21F2NO2. The molecule has 1 rings (SSSR count). The first-order chi connectivity index (χ1) is 9.10. The van der Waals surface area contributed by atoms with Gasteiger partial charge in [-0.25, -0.2) is 8.78 Å². The molecule has 0 heterocycles. The van der Waals surface area contributed by atoms with E-state index in [4.69, 9.17) is 5.11 Å². The second-order valence-electron chi connectivity index (χ2n) is 4.60. The normalized spacial score (nSPS) is 14.4. The molecule has 0 spiro atoms. The van der Waals surface area contributed by atoms with Gasteiger partial charge in [0.25, 0.3) is 0 Å². The topological polar surface area (TPSA) is 52.5 Å². The summed E-state index contributed by atoms with van der Waals surface area (Å²) in [4.78, 5) is 0. The first-order valence-corrected chi connectivity index (χ1v) is 6.53. The van der Waals surface area contributed by atoms with Crippen LogP contribution in [0.2, 0.25) is 0 Å². The lowest BCUT2D eigenvalue weighted by Gasteiger charge is -2.17. The second-order valence-corrected chi connectivity index (χ2v) is 4.60. The van der Waals surface area contributed by atoms with Crippen LogP contribution in [0.3, 0.4) is 0 Å². The van der Waals surface area contributed by atoms with Crippen LogP contribution in [0.1, 0.15) is 31.4 Å². The first-order valence-electron chi connectivity index (χ1n) is 6.53. The Morgan fingerprint density at radius 3 is 2.37 bits per heavy atom. The summed E-state index contributed by atoms with van der Waals surface area (Å²) >= 11 is 0. The van der Waals surface area contributed by atoms with Gasteiger partial charge in [0.15, 0.2) is 0 Å². The molecule has 5 heteroatoms. The molecule has 0 aliphatic rings. The van der Waals surface area contributed by atoms with Crippen LogP contribution in [-0.2, 0) is 0 Å². The van der Waals surface area contributed by atoms with Gasteiger partial charge >= 0.3 is 0 Å². The number of hydrogen-bond donors (Lipinski definition) is 3. The van der Waals surface area contributed by atoms with Crippen molar-refractivity contribution in [1.29, 1.82) is 0 Å². The summed E-state index contributed by atoms with van der Waals surface area (Å²) < 4.78 is 26.8. The average Bonchev–Trinajstić information content (AvgIpc) is 2.37. The van der Waals surface area contributed by atoms with Crippen molar-refractivity contribution in [3.63, 3.8) is 0 Å². The van der Waals surface area contributed by atoms with Gasteiger partial charge in [-0.15, -0.1) is 0 Å². The fourth-order valence-electron chi connectivity index (χ4n) is 1.99. The Bertz CT molecular complexity index is 367. The van der Waals surface area contributed by atoms with E-state index in [9.17, 15) is 13.9 Å². The zero-order valence-electron chi connectivity index (χ0n) is 11.1. The molecule has 0 amide bonds. The molecule has 1 aromatic rings. The zero-order valence-corrected chi connectivity index (χ0v) is 11.1. The monoisotopic (exact) mass is 273 g/mol. The molecule has 0 bridgehead atoms. The average molecular weight is 273 g/mol. The number of aliphatic hydroxyl groups excluding tert-OH is 2. The van der Waals surface area contributed by atoms with Crippen LogP contribution in [0.15, 0.2) is 18.2 Å². The number of halogens is 2. The predicted octanol–water partition coefficient (Wildman–Crippen LogP) is 2.00. The van der Waals surface area contributed by atoms with Crippen molar-refractivity contribution in [3.05, 3.63) is 35.4 Å². The van der Waals surface area contributed by atoms with Crippen LogP contribution in [-0.4, -0.2) is 29.9 Å². The minimum absolute atomic E-state index is 0.0831. The quantitative estimate of drug-likeness (QED) is 0.679. The van der Waals surface area contributed by atoms with Crippen molar-refractivity contribution in [2.45, 2.75) is 25.9 Å². The highest BCUT2D eigenvalue weighted by molar-refractivity contribution is 5.22. The molecule has 19 heavy (non-hydrogen) atoms. The van der Waals surface area contributed by atoms with E-state index >= 15 is 0 Å². The van der Waals surface area contributed by atoms with Crippen molar-refractivity contribution >= 4 is 0 Å². The van der Waals surface area contributed by atoms with Gasteiger partial charge in [-0.1, -0.05) is 19.4 Å². The van der Waals surface area contributed by atoms with Gasteiger partial charge in [0.1, 0.15) is 11.6 Å². The van der Waals surface area contributed by atoms with E-state index in [0.717, 1.165) is 18.6 Å². The van der Waals surface area contributed by atoms with Crippen LogP contribution in [0.5, 0.6) is 0 Å². The predicted molar refractivity (Wildman–Crippen MR) is 69.7 cm³/mol. The van der Waals surface area contributed by atoms with Gasteiger partial charge in [0.05, 0.1) is 11.7 Å². The molecule has 108 valence electrons. The van der Waals surface area contributed by atoms with E-state index in [1.165, 1.54) is 6.07 Å². The smallest absolute Gasteiger partial charge is 0.131 e. The fraction of sp³-hybridized carbons (Fsp3) is 0.571. The number of aliphatic hydroxyl groups is 2. The molecule has 3 nitrogen and oxygen atoms in total. The minimum Gasteiger partial charge on any atom is -0.396 e. The highest BCUT2D eigenvalue weighted by atomic mass is 19.1. The Balaban J connectivity index is 2.49. The number of hydrogen-bond acceptors (Lipinski definition) is 3. The second kappa shape index (κ2) is 8.19. The third kappa shape index (κ3) is 4.86. The van der Waals surface area contributed by atoms with E-state index in [-0.39, 0.29) is 18.7 Å². The Kier molecular flexibility index (Phi) is 6.91. The van der Waals surface area contributed by atoms with Gasteiger partial charge in [-0.05, 0) is 31.0 Å². The summed E-state index contributed by atoms with van der Waals surface area (Å²) in [5, 5.41) is 21.6. The van der Waals surface area contributed by atoms with Gasteiger partial charge in [0.2, 0.25) is 0 Å². The lowest BCUT2D eigenvalue weighted by atomic mass is 10.0. The molecule has 0 saturated heterocycles. The molecule has 0 fully saturated rings. The van der Waals surface area contributed by atoms with E-state index in [0.29, 0.717) is 18.9 Å². The lowest BCUT2D eigenvalue weighted by molar-refractivity contribution is 0.161. The Morgan fingerprint density at radius 1 is 1.21 bits per heavy atom. The maximum Gasteiger partial charge on any atom is 0.131 e. The van der Waals surface area contributed by atoms with Crippen molar-refractivity contribution in [2.24, 2.45) is 5.92 Å². The molecule has 0 radical (unpaired) electrons. The molecule has 0 aliphatic carbocycles. The van der Waals surface area contributed by atoms with E-state index in [1.54, 1.807) is 0 Å². The van der Waals surface area contributed by atoms with E-state index < -0.39 is 17.7 Å². The largest absolute Gasteiger partial charge is 0.396 e. The van der Waals surface area contributed by atoms with Crippen molar-refractivity contribution in [1.82, 2.24) is 5.32 Å². The highest BCUT2D eigenvalue weighted by Crippen LogP contribution is 2.20. The molecule has 1 aromatic carbocycles. The Morgan fingerprint density at radius 2 is 1.84 bits per heavy atom. The molecule has 0 saturated carbocycles. The number of nitrogens with one attached hydrogen (secondary N) is 1. The molecule has 3 N–H and O–H groups in total. The standard InChI is InChI=1S/C14H21F2NO2/c1-2-10(6-7-18)8-17-9-13(19)14-11(15)4-3-5-12(14)16/h3-5,10,13,17-19H,2,6-9H2,1H3. The van der Waals surface area contributed by atoms with E-state index in [2.05, 4.69) is 5.32 Å². The summed E-state index contributed by atoms with van der Waals surface area (Å²) in [6.07, 6.45) is 0.360. The minimum atomic E-state index is -1.21. The SMILES string of the molecule is CCC(CCO)CNCC(O)c1c(F)cccc1F. The highest BCUT2D eigenvalue weighted by Gasteiger charge is 2.17. The van der Waals surface area contributed by atoms with Gasteiger partial charge < -0.3 is 15.5 Å². The van der Waals surface area contributed by atoms with Gasteiger partial charge in [-0.3, -0.25) is 0 Å². The lowest BCUT2D eigenvalue weighted by Crippen LogP contribution is -2.28. The molecule has 0 aliphatic heterocycles. The van der Waals surface area contributed by atoms with Crippen LogP contribution in [0.25, 0.3) is 0 Å². The maximum absolute atomic E-state index is 13.4. The van der Waals surface area contributed by atoms with Crippen molar-refractivity contribution < 1.29 is 19.0 Å². The summed E-state index contributed by atoms with van der Waals surface area (Å²) in [7, 11) is 0. The first kappa shape index (κ1) is 16.0. The number of rotatable bonds is 8. The Labute approximate surface area is 112 Å². The molecule has 0 aromatic heterocycles. The summed E-state index contributed by atoms with van der Waals surface area (Å²) in [5.41, 5.74) is -0.301. The van der Waals surface area contributed by atoms with Gasteiger partial charge in [-0.2, -0.15) is 0 Å². The van der Waals surface area contributed by atoms with Crippen LogP contribution in [0.4, 0.5) is 8.78 Å². The molecule has 2 atom stereocenters.